The summed E-state index contributed by atoms with van der Waals surface area (Å²) in [5.41, 5.74) is 1.46. The van der Waals surface area contributed by atoms with Crippen molar-refractivity contribution in [3.63, 3.8) is 0 Å². The van der Waals surface area contributed by atoms with Gasteiger partial charge in [0, 0.05) is 25.2 Å². The van der Waals surface area contributed by atoms with E-state index in [1.165, 1.54) is 44.5 Å². The topological polar surface area (TPSA) is 18.5 Å². The highest BCUT2D eigenvalue weighted by molar-refractivity contribution is 5.14. The van der Waals surface area contributed by atoms with Crippen LogP contribution in [0.2, 0.25) is 0 Å². The van der Waals surface area contributed by atoms with Gasteiger partial charge in [-0.15, -0.1) is 0 Å². The molecule has 1 N–H and O–H groups in total. The van der Waals surface area contributed by atoms with Crippen LogP contribution in [-0.2, 0) is 6.42 Å². The first-order chi connectivity index (χ1) is 10.1. The van der Waals surface area contributed by atoms with Crippen molar-refractivity contribution in [1.82, 2.24) is 15.1 Å². The first kappa shape index (κ1) is 16.5. The van der Waals surface area contributed by atoms with Gasteiger partial charge in [0.05, 0.1) is 0 Å². The van der Waals surface area contributed by atoms with E-state index in [0.29, 0.717) is 12.1 Å². The first-order valence-corrected chi connectivity index (χ1v) is 8.30. The van der Waals surface area contributed by atoms with Crippen molar-refractivity contribution in [2.45, 2.75) is 38.3 Å². The van der Waals surface area contributed by atoms with Crippen molar-refractivity contribution < 1.29 is 0 Å². The summed E-state index contributed by atoms with van der Waals surface area (Å²) in [5.74, 6) is 0. The number of nitrogens with zero attached hydrogens (tertiary/aromatic N) is 2. The SMILES string of the molecule is CC(CN(C)C)NC1CCN(CCc2ccccc2)CC1. The lowest BCUT2D eigenvalue weighted by atomic mass is 10.0. The average Bonchev–Trinajstić information content (AvgIpc) is 2.47. The number of benzene rings is 1. The summed E-state index contributed by atoms with van der Waals surface area (Å²) in [7, 11) is 4.29. The predicted octanol–water partition coefficient (Wildman–Crippen LogP) is 2.23. The molecule has 1 aliphatic heterocycles. The summed E-state index contributed by atoms with van der Waals surface area (Å²) in [6.07, 6.45) is 3.75. The van der Waals surface area contributed by atoms with Crippen LogP contribution < -0.4 is 5.32 Å². The largest absolute Gasteiger partial charge is 0.310 e. The van der Waals surface area contributed by atoms with E-state index in [2.05, 4.69) is 66.5 Å². The van der Waals surface area contributed by atoms with E-state index in [1.54, 1.807) is 0 Å². The molecule has 118 valence electrons. The van der Waals surface area contributed by atoms with Crippen LogP contribution in [0.3, 0.4) is 0 Å². The lowest BCUT2D eigenvalue weighted by Crippen LogP contribution is -2.48. The Morgan fingerprint density at radius 2 is 1.86 bits per heavy atom. The highest BCUT2D eigenvalue weighted by Gasteiger charge is 2.20. The monoisotopic (exact) mass is 289 g/mol. The minimum absolute atomic E-state index is 0.584. The summed E-state index contributed by atoms with van der Waals surface area (Å²) in [6, 6.07) is 12.1. The zero-order valence-electron chi connectivity index (χ0n) is 13.9. The van der Waals surface area contributed by atoms with Gasteiger partial charge in [-0.2, -0.15) is 0 Å². The third-order valence-corrected chi connectivity index (χ3v) is 4.31. The molecule has 1 atom stereocenters. The molecule has 0 radical (unpaired) electrons. The van der Waals surface area contributed by atoms with Crippen molar-refractivity contribution in [1.29, 1.82) is 0 Å². The van der Waals surface area contributed by atoms with Crippen molar-refractivity contribution in [3.8, 4) is 0 Å². The molecule has 0 bridgehead atoms. The van der Waals surface area contributed by atoms with Gasteiger partial charge >= 0.3 is 0 Å². The maximum atomic E-state index is 3.78. The normalized spacial score (nSPS) is 19.0. The molecule has 21 heavy (non-hydrogen) atoms. The van der Waals surface area contributed by atoms with Gasteiger partial charge in [-0.05, 0) is 58.9 Å². The van der Waals surface area contributed by atoms with E-state index >= 15 is 0 Å². The standard InChI is InChI=1S/C18H31N3/c1-16(15-20(2)3)19-18-10-13-21(14-11-18)12-9-17-7-5-4-6-8-17/h4-8,16,18-19H,9-15H2,1-3H3. The molecule has 1 aliphatic rings. The summed E-state index contributed by atoms with van der Waals surface area (Å²) in [5, 5.41) is 3.78. The number of likely N-dealkylation sites (N-methyl/N-ethyl adjacent to an activating group) is 1. The maximum Gasteiger partial charge on any atom is 0.0169 e. The number of rotatable bonds is 7. The van der Waals surface area contributed by atoms with Gasteiger partial charge in [-0.3, -0.25) is 0 Å². The zero-order valence-corrected chi connectivity index (χ0v) is 13.9. The molecule has 0 aliphatic carbocycles. The van der Waals surface area contributed by atoms with Crippen LogP contribution >= 0.6 is 0 Å². The Bertz CT molecular complexity index is 383. The van der Waals surface area contributed by atoms with Crippen LogP contribution in [0.25, 0.3) is 0 Å². The smallest absolute Gasteiger partial charge is 0.0169 e. The molecule has 3 heteroatoms. The van der Waals surface area contributed by atoms with Crippen molar-refractivity contribution in [3.05, 3.63) is 35.9 Å². The van der Waals surface area contributed by atoms with Crippen molar-refractivity contribution in [2.24, 2.45) is 0 Å². The third kappa shape index (κ3) is 6.16. The fourth-order valence-corrected chi connectivity index (χ4v) is 3.26. The van der Waals surface area contributed by atoms with Gasteiger partial charge < -0.3 is 15.1 Å². The van der Waals surface area contributed by atoms with Gasteiger partial charge in [0.1, 0.15) is 0 Å². The molecule has 3 nitrogen and oxygen atoms in total. The minimum atomic E-state index is 0.584. The molecule has 2 rings (SSSR count). The number of nitrogens with one attached hydrogen (secondary N) is 1. The van der Waals surface area contributed by atoms with E-state index in [1.807, 2.05) is 0 Å². The molecule has 1 saturated heterocycles. The third-order valence-electron chi connectivity index (χ3n) is 4.31. The minimum Gasteiger partial charge on any atom is -0.310 e. The van der Waals surface area contributed by atoms with Gasteiger partial charge in [-0.1, -0.05) is 30.3 Å². The number of piperidine rings is 1. The zero-order chi connectivity index (χ0) is 15.1. The lowest BCUT2D eigenvalue weighted by molar-refractivity contribution is 0.189. The second-order valence-electron chi connectivity index (χ2n) is 6.68. The van der Waals surface area contributed by atoms with E-state index in [4.69, 9.17) is 0 Å². The Kier molecular flexibility index (Phi) is 6.68. The molecular weight excluding hydrogens is 258 g/mol. The van der Waals surface area contributed by atoms with Gasteiger partial charge in [0.25, 0.3) is 0 Å². The number of hydrogen-bond acceptors (Lipinski definition) is 3. The number of hydrogen-bond donors (Lipinski definition) is 1. The molecule has 1 aromatic carbocycles. The van der Waals surface area contributed by atoms with Gasteiger partial charge in [-0.25, -0.2) is 0 Å². The second kappa shape index (κ2) is 8.52. The molecule has 1 unspecified atom stereocenters. The molecule has 1 aromatic rings. The van der Waals surface area contributed by atoms with Crippen LogP contribution in [0.1, 0.15) is 25.3 Å². The Labute approximate surface area is 130 Å². The molecule has 1 heterocycles. The fourth-order valence-electron chi connectivity index (χ4n) is 3.26. The van der Waals surface area contributed by atoms with Crippen LogP contribution in [-0.4, -0.2) is 62.2 Å². The first-order valence-electron chi connectivity index (χ1n) is 8.30. The highest BCUT2D eigenvalue weighted by atomic mass is 15.2. The second-order valence-corrected chi connectivity index (χ2v) is 6.68. The maximum absolute atomic E-state index is 3.78. The molecule has 0 spiro atoms. The predicted molar refractivity (Wildman–Crippen MR) is 90.8 cm³/mol. The summed E-state index contributed by atoms with van der Waals surface area (Å²) in [4.78, 5) is 4.87. The van der Waals surface area contributed by atoms with Gasteiger partial charge in [0.15, 0.2) is 0 Å². The van der Waals surface area contributed by atoms with Crippen LogP contribution in [0.15, 0.2) is 30.3 Å². The quantitative estimate of drug-likeness (QED) is 0.830. The summed E-state index contributed by atoms with van der Waals surface area (Å²) >= 11 is 0. The Morgan fingerprint density at radius 1 is 1.19 bits per heavy atom. The Balaban J connectivity index is 1.64. The fraction of sp³-hybridized carbons (Fsp3) is 0.667. The van der Waals surface area contributed by atoms with E-state index in [-0.39, 0.29) is 0 Å². The number of likely N-dealkylation sites (tertiary alicyclic amines) is 1. The van der Waals surface area contributed by atoms with E-state index < -0.39 is 0 Å². The summed E-state index contributed by atoms with van der Waals surface area (Å²) in [6.45, 7) is 7.08. The van der Waals surface area contributed by atoms with Crippen LogP contribution in [0.5, 0.6) is 0 Å². The Morgan fingerprint density at radius 3 is 2.48 bits per heavy atom. The molecular formula is C18H31N3. The lowest BCUT2D eigenvalue weighted by Gasteiger charge is -2.34. The average molecular weight is 289 g/mol. The summed E-state index contributed by atoms with van der Waals surface area (Å²) < 4.78 is 0. The van der Waals surface area contributed by atoms with Gasteiger partial charge in [0.2, 0.25) is 0 Å². The molecule has 0 aromatic heterocycles. The van der Waals surface area contributed by atoms with Crippen LogP contribution in [0, 0.1) is 0 Å². The molecule has 0 amide bonds. The van der Waals surface area contributed by atoms with E-state index in [9.17, 15) is 0 Å². The Hall–Kier alpha value is -0.900. The molecule has 0 saturated carbocycles. The van der Waals surface area contributed by atoms with Crippen LogP contribution in [0.4, 0.5) is 0 Å². The van der Waals surface area contributed by atoms with E-state index in [0.717, 1.165) is 6.54 Å². The molecule has 1 fully saturated rings. The highest BCUT2D eigenvalue weighted by Crippen LogP contribution is 2.12. The van der Waals surface area contributed by atoms with Crippen molar-refractivity contribution in [2.75, 3.05) is 40.3 Å². The van der Waals surface area contributed by atoms with Crippen molar-refractivity contribution >= 4 is 0 Å².